The number of nitrogens with one attached hydrogen (secondary N) is 1. The Morgan fingerprint density at radius 3 is 2.43 bits per heavy atom. The van der Waals surface area contributed by atoms with Crippen molar-refractivity contribution in [1.29, 1.82) is 0 Å². The molecule has 0 saturated heterocycles. The van der Waals surface area contributed by atoms with Crippen molar-refractivity contribution in [2.24, 2.45) is 0 Å². The molecule has 0 aliphatic rings. The molecule has 0 unspecified atom stereocenters. The topological polar surface area (TPSA) is 90.7 Å². The molecule has 0 atom stereocenters. The summed E-state index contributed by atoms with van der Waals surface area (Å²) in [7, 11) is 0. The van der Waals surface area contributed by atoms with Crippen molar-refractivity contribution in [2.75, 3.05) is 6.61 Å². The summed E-state index contributed by atoms with van der Waals surface area (Å²) >= 11 is 0. The maximum atomic E-state index is 12.0. The predicted octanol–water partition coefficient (Wildman–Crippen LogP) is 4.08. The fraction of sp³-hybridized carbons (Fsp3) is 0.0952. The molecule has 3 rings (SSSR count). The number of para-hydroxylation sites is 3. The highest BCUT2D eigenvalue weighted by Crippen LogP contribution is 2.25. The highest BCUT2D eigenvalue weighted by atomic mass is 16.6. The second-order valence-electron chi connectivity index (χ2n) is 5.85. The van der Waals surface area contributed by atoms with Crippen LogP contribution < -0.4 is 14.8 Å². The molecule has 0 radical (unpaired) electrons. The molecular weight excluding hydrogens is 360 g/mol. The van der Waals surface area contributed by atoms with Crippen LogP contribution in [0.3, 0.4) is 0 Å². The van der Waals surface area contributed by atoms with Crippen molar-refractivity contribution < 1.29 is 19.2 Å². The maximum absolute atomic E-state index is 12.0. The standard InChI is InChI=1S/C21H18N2O5/c24-21(15-27-20-12-5-4-11-19(20)23(25)26)22-14-16-7-6-10-18(13-16)28-17-8-2-1-3-9-17/h1-13H,14-15H2,(H,22,24). The first-order valence-electron chi connectivity index (χ1n) is 8.56. The quantitative estimate of drug-likeness (QED) is 0.471. The summed E-state index contributed by atoms with van der Waals surface area (Å²) in [5.74, 6) is 1.06. The molecule has 142 valence electrons. The lowest BCUT2D eigenvalue weighted by atomic mass is 10.2. The van der Waals surface area contributed by atoms with Gasteiger partial charge in [-0.3, -0.25) is 14.9 Å². The fourth-order valence-electron chi connectivity index (χ4n) is 2.47. The number of nitrogens with zero attached hydrogens (tertiary/aromatic N) is 1. The van der Waals surface area contributed by atoms with Gasteiger partial charge in [-0.15, -0.1) is 0 Å². The lowest BCUT2D eigenvalue weighted by molar-refractivity contribution is -0.385. The summed E-state index contributed by atoms with van der Waals surface area (Å²) in [6, 6.07) is 22.7. The number of nitro benzene ring substituents is 1. The van der Waals surface area contributed by atoms with Gasteiger partial charge in [0.25, 0.3) is 5.91 Å². The van der Waals surface area contributed by atoms with E-state index in [1.807, 2.05) is 54.6 Å². The zero-order valence-electron chi connectivity index (χ0n) is 14.9. The average Bonchev–Trinajstić information content (AvgIpc) is 2.72. The molecule has 0 bridgehead atoms. The molecule has 0 aliphatic carbocycles. The van der Waals surface area contributed by atoms with E-state index in [9.17, 15) is 14.9 Å². The van der Waals surface area contributed by atoms with Crippen LogP contribution in [0.2, 0.25) is 0 Å². The normalized spacial score (nSPS) is 10.1. The van der Waals surface area contributed by atoms with Crippen LogP contribution in [0.1, 0.15) is 5.56 Å². The zero-order valence-corrected chi connectivity index (χ0v) is 14.9. The first-order valence-corrected chi connectivity index (χ1v) is 8.56. The molecular formula is C21H18N2O5. The molecule has 0 aliphatic heterocycles. The number of carbonyl (C=O) groups excluding carboxylic acids is 1. The number of hydrogen-bond acceptors (Lipinski definition) is 5. The van der Waals surface area contributed by atoms with Gasteiger partial charge in [0.05, 0.1) is 4.92 Å². The predicted molar refractivity (Wildman–Crippen MR) is 103 cm³/mol. The molecule has 3 aromatic rings. The maximum Gasteiger partial charge on any atom is 0.310 e. The van der Waals surface area contributed by atoms with Crippen LogP contribution in [-0.2, 0) is 11.3 Å². The van der Waals surface area contributed by atoms with Crippen LogP contribution in [0.25, 0.3) is 0 Å². The molecule has 7 nitrogen and oxygen atoms in total. The smallest absolute Gasteiger partial charge is 0.310 e. The minimum absolute atomic E-state index is 0.0564. The van der Waals surface area contributed by atoms with Gasteiger partial charge in [0.15, 0.2) is 12.4 Å². The third-order valence-electron chi connectivity index (χ3n) is 3.79. The van der Waals surface area contributed by atoms with Crippen molar-refractivity contribution in [3.8, 4) is 17.2 Å². The number of benzene rings is 3. The Labute approximate surface area is 161 Å². The number of ether oxygens (including phenoxy) is 2. The molecule has 1 N–H and O–H groups in total. The second kappa shape index (κ2) is 9.18. The summed E-state index contributed by atoms with van der Waals surface area (Å²) in [6.45, 7) is -0.0316. The van der Waals surface area contributed by atoms with Gasteiger partial charge in [0.2, 0.25) is 0 Å². The van der Waals surface area contributed by atoms with Crippen molar-refractivity contribution in [1.82, 2.24) is 5.32 Å². The van der Waals surface area contributed by atoms with Gasteiger partial charge in [0, 0.05) is 12.6 Å². The monoisotopic (exact) mass is 378 g/mol. The zero-order chi connectivity index (χ0) is 19.8. The minimum atomic E-state index is -0.550. The third-order valence-corrected chi connectivity index (χ3v) is 3.79. The summed E-state index contributed by atoms with van der Waals surface area (Å²) in [5, 5.41) is 13.7. The van der Waals surface area contributed by atoms with Crippen LogP contribution in [-0.4, -0.2) is 17.4 Å². The average molecular weight is 378 g/mol. The lowest BCUT2D eigenvalue weighted by Gasteiger charge is -2.10. The first-order chi connectivity index (χ1) is 13.6. The summed E-state index contributed by atoms with van der Waals surface area (Å²) in [6.07, 6.45) is 0. The van der Waals surface area contributed by atoms with E-state index in [0.717, 1.165) is 11.3 Å². The van der Waals surface area contributed by atoms with Gasteiger partial charge in [-0.2, -0.15) is 0 Å². The second-order valence-corrected chi connectivity index (χ2v) is 5.85. The molecule has 0 heterocycles. The highest BCUT2D eigenvalue weighted by Gasteiger charge is 2.14. The van der Waals surface area contributed by atoms with Gasteiger partial charge in [-0.05, 0) is 35.9 Å². The molecule has 3 aromatic carbocycles. The van der Waals surface area contributed by atoms with E-state index in [4.69, 9.17) is 9.47 Å². The van der Waals surface area contributed by atoms with Gasteiger partial charge in [-0.25, -0.2) is 0 Å². The third kappa shape index (κ3) is 5.31. The number of carbonyl (C=O) groups is 1. The van der Waals surface area contributed by atoms with Gasteiger partial charge in [-0.1, -0.05) is 42.5 Å². The van der Waals surface area contributed by atoms with Gasteiger partial charge < -0.3 is 14.8 Å². The first kappa shape index (κ1) is 18.9. The lowest BCUT2D eigenvalue weighted by Crippen LogP contribution is -2.28. The summed E-state index contributed by atoms with van der Waals surface area (Å²) < 4.78 is 11.0. The Morgan fingerprint density at radius 1 is 0.929 bits per heavy atom. The summed E-state index contributed by atoms with van der Waals surface area (Å²) in [4.78, 5) is 22.4. The van der Waals surface area contributed by atoms with Gasteiger partial charge in [0.1, 0.15) is 11.5 Å². The molecule has 0 saturated carbocycles. The number of rotatable bonds is 8. The van der Waals surface area contributed by atoms with Crippen LogP contribution >= 0.6 is 0 Å². The molecule has 7 heteroatoms. The minimum Gasteiger partial charge on any atom is -0.477 e. The van der Waals surface area contributed by atoms with Crippen molar-refractivity contribution in [2.45, 2.75) is 6.54 Å². The van der Waals surface area contributed by atoms with E-state index in [-0.39, 0.29) is 30.5 Å². The largest absolute Gasteiger partial charge is 0.477 e. The Balaban J connectivity index is 1.52. The van der Waals surface area contributed by atoms with E-state index < -0.39 is 4.92 Å². The van der Waals surface area contributed by atoms with E-state index in [1.54, 1.807) is 6.07 Å². The van der Waals surface area contributed by atoms with E-state index in [2.05, 4.69) is 5.32 Å². The van der Waals surface area contributed by atoms with Crippen LogP contribution in [0.5, 0.6) is 17.2 Å². The molecule has 1 amide bonds. The Hall–Kier alpha value is -3.87. The SMILES string of the molecule is O=C(COc1ccccc1[N+](=O)[O-])NCc1cccc(Oc2ccccc2)c1. The van der Waals surface area contributed by atoms with Crippen LogP contribution in [0.15, 0.2) is 78.9 Å². The van der Waals surface area contributed by atoms with Crippen molar-refractivity contribution in [3.63, 3.8) is 0 Å². The molecule has 0 spiro atoms. The molecule has 0 aromatic heterocycles. The number of amides is 1. The van der Waals surface area contributed by atoms with E-state index in [0.29, 0.717) is 5.75 Å². The molecule has 0 fully saturated rings. The fourth-order valence-corrected chi connectivity index (χ4v) is 2.47. The number of hydrogen-bond donors (Lipinski definition) is 1. The number of nitro groups is 1. The highest BCUT2D eigenvalue weighted by molar-refractivity contribution is 5.77. The Morgan fingerprint density at radius 2 is 1.64 bits per heavy atom. The van der Waals surface area contributed by atoms with Crippen LogP contribution in [0, 0.1) is 10.1 Å². The van der Waals surface area contributed by atoms with Crippen LogP contribution in [0.4, 0.5) is 5.69 Å². The van der Waals surface area contributed by atoms with Crippen molar-refractivity contribution >= 4 is 11.6 Å². The van der Waals surface area contributed by atoms with Gasteiger partial charge >= 0.3 is 5.69 Å². The Bertz CT molecular complexity index is 960. The van der Waals surface area contributed by atoms with Crippen molar-refractivity contribution in [3.05, 3.63) is 94.5 Å². The summed E-state index contributed by atoms with van der Waals surface area (Å²) in [5.41, 5.74) is 0.675. The van der Waals surface area contributed by atoms with E-state index >= 15 is 0 Å². The Kier molecular flexibility index (Phi) is 6.20. The van der Waals surface area contributed by atoms with E-state index in [1.165, 1.54) is 18.2 Å². The molecule has 28 heavy (non-hydrogen) atoms.